The lowest BCUT2D eigenvalue weighted by Crippen LogP contribution is -2.65. The summed E-state index contributed by atoms with van der Waals surface area (Å²) in [5.74, 6) is 0. The molecule has 6 rings (SSSR count). The van der Waals surface area contributed by atoms with E-state index in [1.165, 1.54) is 22.5 Å². The summed E-state index contributed by atoms with van der Waals surface area (Å²) in [6.07, 6.45) is 1.78. The van der Waals surface area contributed by atoms with Crippen LogP contribution in [0.1, 0.15) is 23.6 Å². The van der Waals surface area contributed by atoms with Crippen LogP contribution in [0.4, 0.5) is 11.4 Å². The van der Waals surface area contributed by atoms with Crippen LogP contribution in [-0.2, 0) is 13.1 Å². The highest BCUT2D eigenvalue weighted by atomic mass is 15.4. The Kier molecular flexibility index (Phi) is 4.74. The third-order valence-corrected chi connectivity index (χ3v) is 7.42. The van der Waals surface area contributed by atoms with Crippen molar-refractivity contribution in [3.63, 3.8) is 0 Å². The van der Waals surface area contributed by atoms with Crippen molar-refractivity contribution in [1.29, 1.82) is 5.26 Å². The van der Waals surface area contributed by atoms with Crippen LogP contribution in [-0.4, -0.2) is 54.7 Å². The normalized spacial score (nSPS) is 23.1. The minimum atomic E-state index is 0.472. The van der Waals surface area contributed by atoms with Crippen molar-refractivity contribution in [2.45, 2.75) is 32.1 Å². The maximum atomic E-state index is 9.52. The molecule has 0 bridgehead atoms. The second-order valence-corrected chi connectivity index (χ2v) is 9.25. The van der Waals surface area contributed by atoms with Crippen molar-refractivity contribution in [1.82, 2.24) is 15.2 Å². The molecule has 6 nitrogen and oxygen atoms in total. The number of hydrogen-bond acceptors (Lipinski definition) is 6. The van der Waals surface area contributed by atoms with Gasteiger partial charge in [-0.25, -0.2) is 0 Å². The Hall–Kier alpha value is -3.14. The van der Waals surface area contributed by atoms with Gasteiger partial charge in [-0.2, -0.15) is 5.26 Å². The number of pyridine rings is 1. The number of rotatable bonds is 2. The number of piperazine rings is 2. The van der Waals surface area contributed by atoms with Gasteiger partial charge in [-0.3, -0.25) is 9.88 Å². The summed E-state index contributed by atoms with van der Waals surface area (Å²) >= 11 is 0. The zero-order valence-corrected chi connectivity index (χ0v) is 18.5. The summed E-state index contributed by atoms with van der Waals surface area (Å²) in [4.78, 5) is 12.3. The molecule has 0 saturated carbocycles. The molecular weight excluding hydrogens is 396 g/mol. The topological polar surface area (TPSA) is 58.4 Å². The SMILES string of the molecule is C[C@@H]1CN(c2ccc(C#N)c3ncccc23)C[C@H]2CN(c3cccc4c3CNC4)CCN21. The smallest absolute Gasteiger partial charge is 0.101 e. The van der Waals surface area contributed by atoms with Gasteiger partial charge in [-0.15, -0.1) is 0 Å². The summed E-state index contributed by atoms with van der Waals surface area (Å²) in [5, 5.41) is 14.1. The lowest BCUT2D eigenvalue weighted by molar-refractivity contribution is 0.108. The summed E-state index contributed by atoms with van der Waals surface area (Å²) in [6, 6.07) is 18.1. The Bertz CT molecular complexity index is 1210. The fourth-order valence-corrected chi connectivity index (χ4v) is 5.91. The summed E-state index contributed by atoms with van der Waals surface area (Å²) in [6.45, 7) is 9.53. The fraction of sp³-hybridized carbons (Fsp3) is 0.385. The van der Waals surface area contributed by atoms with Crippen LogP contribution in [0.3, 0.4) is 0 Å². The third-order valence-electron chi connectivity index (χ3n) is 7.42. The van der Waals surface area contributed by atoms with Gasteiger partial charge >= 0.3 is 0 Å². The monoisotopic (exact) mass is 424 g/mol. The van der Waals surface area contributed by atoms with Crippen molar-refractivity contribution in [2.24, 2.45) is 0 Å². The quantitative estimate of drug-likeness (QED) is 0.682. The van der Waals surface area contributed by atoms with E-state index in [4.69, 9.17) is 0 Å². The van der Waals surface area contributed by atoms with Crippen LogP contribution in [0.25, 0.3) is 10.9 Å². The molecule has 2 aromatic carbocycles. The number of hydrogen-bond donors (Lipinski definition) is 1. The van der Waals surface area contributed by atoms with E-state index in [0.29, 0.717) is 17.6 Å². The molecule has 1 N–H and O–H groups in total. The van der Waals surface area contributed by atoms with Crippen LogP contribution in [0.2, 0.25) is 0 Å². The van der Waals surface area contributed by atoms with Gasteiger partial charge in [0.2, 0.25) is 0 Å². The van der Waals surface area contributed by atoms with Crippen molar-refractivity contribution in [3.05, 3.63) is 65.4 Å². The predicted octanol–water partition coefficient (Wildman–Crippen LogP) is 3.11. The van der Waals surface area contributed by atoms with E-state index in [-0.39, 0.29) is 0 Å². The van der Waals surface area contributed by atoms with Gasteiger partial charge in [-0.05, 0) is 48.4 Å². The van der Waals surface area contributed by atoms with Crippen LogP contribution in [0.5, 0.6) is 0 Å². The largest absolute Gasteiger partial charge is 0.368 e. The molecule has 1 aromatic heterocycles. The first-order valence-electron chi connectivity index (χ1n) is 11.6. The first-order valence-corrected chi connectivity index (χ1v) is 11.6. The molecule has 162 valence electrons. The maximum Gasteiger partial charge on any atom is 0.101 e. The molecule has 0 spiro atoms. The van der Waals surface area contributed by atoms with Gasteiger partial charge in [0.15, 0.2) is 0 Å². The molecule has 2 fully saturated rings. The van der Waals surface area contributed by atoms with Crippen LogP contribution in [0, 0.1) is 11.3 Å². The molecule has 4 heterocycles. The Balaban J connectivity index is 1.31. The molecule has 3 aliphatic rings. The van der Waals surface area contributed by atoms with E-state index >= 15 is 0 Å². The van der Waals surface area contributed by atoms with Crippen molar-refractivity contribution in [3.8, 4) is 6.07 Å². The number of fused-ring (bicyclic) bond motifs is 3. The molecule has 3 aliphatic heterocycles. The molecule has 2 atom stereocenters. The van der Waals surface area contributed by atoms with E-state index in [2.05, 4.69) is 68.3 Å². The number of aromatic nitrogens is 1. The standard InChI is InChI=1S/C26H28N6/c1-18-15-31(25-8-7-19(12-27)26-22(25)5-3-9-29-26)17-21-16-30(10-11-32(18)21)24-6-2-4-20-13-28-14-23(20)24/h2-9,18,21,28H,10-11,13-17H2,1H3/t18-,21-/m1/s1. The van der Waals surface area contributed by atoms with Gasteiger partial charge in [-0.1, -0.05) is 12.1 Å². The molecule has 0 unspecified atom stereocenters. The molecular formula is C26H28N6. The first kappa shape index (κ1) is 19.5. The van der Waals surface area contributed by atoms with E-state index in [1.54, 1.807) is 6.20 Å². The lowest BCUT2D eigenvalue weighted by Gasteiger charge is -2.52. The minimum absolute atomic E-state index is 0.472. The van der Waals surface area contributed by atoms with Crippen LogP contribution in [0.15, 0.2) is 48.7 Å². The molecule has 3 aromatic rings. The van der Waals surface area contributed by atoms with Crippen LogP contribution >= 0.6 is 0 Å². The third kappa shape index (κ3) is 3.12. The molecule has 32 heavy (non-hydrogen) atoms. The zero-order valence-electron chi connectivity index (χ0n) is 18.5. The number of nitrogens with zero attached hydrogens (tertiary/aromatic N) is 5. The number of nitrogens with one attached hydrogen (secondary N) is 1. The van der Waals surface area contributed by atoms with E-state index in [0.717, 1.165) is 56.7 Å². The number of anilines is 2. The molecule has 0 amide bonds. The highest BCUT2D eigenvalue weighted by Crippen LogP contribution is 2.34. The molecule has 0 aliphatic carbocycles. The van der Waals surface area contributed by atoms with E-state index in [9.17, 15) is 5.26 Å². The van der Waals surface area contributed by atoms with Crippen molar-refractivity contribution in [2.75, 3.05) is 42.5 Å². The summed E-state index contributed by atoms with van der Waals surface area (Å²) < 4.78 is 0. The first-order chi connectivity index (χ1) is 15.7. The maximum absolute atomic E-state index is 9.52. The highest BCUT2D eigenvalue weighted by Gasteiger charge is 2.37. The second-order valence-electron chi connectivity index (χ2n) is 9.25. The van der Waals surface area contributed by atoms with Crippen LogP contribution < -0.4 is 15.1 Å². The number of benzene rings is 2. The van der Waals surface area contributed by atoms with Crippen molar-refractivity contribution >= 4 is 22.3 Å². The highest BCUT2D eigenvalue weighted by molar-refractivity contribution is 5.95. The van der Waals surface area contributed by atoms with Gasteiger partial charge < -0.3 is 15.1 Å². The summed E-state index contributed by atoms with van der Waals surface area (Å²) in [7, 11) is 0. The Morgan fingerprint density at radius 2 is 1.88 bits per heavy atom. The Morgan fingerprint density at radius 3 is 2.78 bits per heavy atom. The minimum Gasteiger partial charge on any atom is -0.368 e. The average Bonchev–Trinajstić information content (AvgIpc) is 3.32. The van der Waals surface area contributed by atoms with Gasteiger partial charge in [0.05, 0.1) is 11.1 Å². The van der Waals surface area contributed by atoms with Gasteiger partial charge in [0, 0.05) is 80.9 Å². The number of nitriles is 1. The summed E-state index contributed by atoms with van der Waals surface area (Å²) in [5.41, 5.74) is 6.98. The fourth-order valence-electron chi connectivity index (χ4n) is 5.91. The van der Waals surface area contributed by atoms with Crippen molar-refractivity contribution < 1.29 is 0 Å². The van der Waals surface area contributed by atoms with Gasteiger partial charge in [0.1, 0.15) is 6.07 Å². The van der Waals surface area contributed by atoms with Gasteiger partial charge in [0.25, 0.3) is 0 Å². The average molecular weight is 425 g/mol. The Morgan fingerprint density at radius 1 is 0.969 bits per heavy atom. The Labute approximate surface area is 189 Å². The second kappa shape index (κ2) is 7.77. The zero-order chi connectivity index (χ0) is 21.7. The van der Waals surface area contributed by atoms with E-state index in [1.807, 2.05) is 12.1 Å². The molecule has 6 heteroatoms. The van der Waals surface area contributed by atoms with E-state index < -0.39 is 0 Å². The molecule has 2 saturated heterocycles. The molecule has 0 radical (unpaired) electrons. The lowest BCUT2D eigenvalue weighted by atomic mass is 9.99. The predicted molar refractivity (Wildman–Crippen MR) is 128 cm³/mol.